The molecule has 0 aromatic heterocycles. The average molecular weight is 750 g/mol. The molecule has 1 aliphatic heterocycles. The highest BCUT2D eigenvalue weighted by atomic mass is 16.5. The van der Waals surface area contributed by atoms with Gasteiger partial charge in [-0.2, -0.15) is 0 Å². The molecule has 8 aromatic rings. The predicted octanol–water partition coefficient (Wildman–Crippen LogP) is 14.4. The molecule has 0 spiro atoms. The van der Waals surface area contributed by atoms with E-state index in [1.165, 1.54) is 27.6 Å². The van der Waals surface area contributed by atoms with Gasteiger partial charge < -0.3 is 9.64 Å². The van der Waals surface area contributed by atoms with Crippen LogP contribution in [0.1, 0.15) is 34.7 Å². The summed E-state index contributed by atoms with van der Waals surface area (Å²) in [4.78, 5) is 12.0. The second kappa shape index (κ2) is 16.0. The van der Waals surface area contributed by atoms with E-state index < -0.39 is 0 Å². The third-order valence-corrected chi connectivity index (χ3v) is 10.9. The van der Waals surface area contributed by atoms with Gasteiger partial charge in [0.25, 0.3) is 0 Å². The van der Waals surface area contributed by atoms with Crippen LogP contribution in [-0.4, -0.2) is 12.4 Å². The van der Waals surface area contributed by atoms with E-state index in [0.717, 1.165) is 79.6 Å². The van der Waals surface area contributed by atoms with Gasteiger partial charge in [0, 0.05) is 22.2 Å². The van der Waals surface area contributed by atoms with Gasteiger partial charge in [-0.3, -0.25) is 9.98 Å². The van der Waals surface area contributed by atoms with Crippen LogP contribution in [0.4, 0.5) is 17.1 Å². The molecule has 8 aromatic carbocycles. The molecule has 0 aliphatic carbocycles. The number of anilines is 3. The number of benzene rings is 8. The number of hydrogen-bond acceptors (Lipinski definition) is 4. The van der Waals surface area contributed by atoms with E-state index in [2.05, 4.69) is 182 Å². The number of aliphatic imine (C=N–C) groups is 2. The van der Waals surface area contributed by atoms with Crippen LogP contribution in [0.2, 0.25) is 0 Å². The zero-order chi connectivity index (χ0) is 39.4. The van der Waals surface area contributed by atoms with Crippen molar-refractivity contribution < 1.29 is 4.74 Å². The summed E-state index contributed by atoms with van der Waals surface area (Å²) in [5.41, 5.74) is 15.1. The Labute approximate surface area is 340 Å². The summed E-state index contributed by atoms with van der Waals surface area (Å²) in [6.45, 7) is 8.92. The highest BCUT2D eigenvalue weighted by Crippen LogP contribution is 2.57. The molecule has 58 heavy (non-hydrogen) atoms. The number of fused-ring (bicyclic) bond motifs is 4. The lowest BCUT2D eigenvalue weighted by molar-refractivity contribution is 0.482. The first-order valence-corrected chi connectivity index (χ1v) is 19.8. The Hall–Kier alpha value is -7.30. The fraction of sp³-hybridized carbons (Fsp3) is 0.0741. The molecule has 9 rings (SSSR count). The molecule has 4 nitrogen and oxygen atoms in total. The van der Waals surface area contributed by atoms with Crippen LogP contribution in [0, 0.1) is 6.92 Å². The zero-order valence-corrected chi connectivity index (χ0v) is 32.8. The van der Waals surface area contributed by atoms with Crippen LogP contribution in [0.3, 0.4) is 0 Å². The molecule has 4 heteroatoms. The number of hydrogen-bond donors (Lipinski definition) is 0. The molecular weight excluding hydrogens is 707 g/mol. The summed E-state index contributed by atoms with van der Waals surface area (Å²) in [6, 6.07) is 63.7. The van der Waals surface area contributed by atoms with Crippen LogP contribution >= 0.6 is 0 Å². The lowest BCUT2D eigenvalue weighted by atomic mass is 9.87. The summed E-state index contributed by atoms with van der Waals surface area (Å²) < 4.78 is 6.92. The Morgan fingerprint density at radius 3 is 2.09 bits per heavy atom. The van der Waals surface area contributed by atoms with Crippen LogP contribution < -0.4 is 9.64 Å². The summed E-state index contributed by atoms with van der Waals surface area (Å²) in [7, 11) is 0. The number of allylic oxidation sites excluding steroid dienone is 1. The van der Waals surface area contributed by atoms with Crippen molar-refractivity contribution in [1.29, 1.82) is 0 Å². The normalized spacial score (nSPS) is 12.5. The number of rotatable bonds is 10. The molecular formula is C54H43N3O. The van der Waals surface area contributed by atoms with E-state index in [1.807, 2.05) is 36.4 Å². The van der Waals surface area contributed by atoms with Crippen LogP contribution in [0.25, 0.3) is 38.7 Å². The molecule has 0 N–H and O–H groups in total. The predicted molar refractivity (Wildman–Crippen MR) is 244 cm³/mol. The first-order chi connectivity index (χ1) is 28.6. The number of nitrogens with zero attached hydrogens (tertiary/aromatic N) is 3. The first kappa shape index (κ1) is 36.3. The van der Waals surface area contributed by atoms with Gasteiger partial charge in [0.2, 0.25) is 0 Å². The van der Waals surface area contributed by atoms with E-state index in [9.17, 15) is 0 Å². The topological polar surface area (TPSA) is 37.2 Å². The van der Waals surface area contributed by atoms with Crippen LogP contribution in [0.15, 0.2) is 198 Å². The highest BCUT2D eigenvalue weighted by Gasteiger charge is 2.32. The number of aryl methyl sites for hydroxylation is 1. The largest absolute Gasteiger partial charge is 0.452 e. The summed E-state index contributed by atoms with van der Waals surface area (Å²) >= 11 is 0. The van der Waals surface area contributed by atoms with Gasteiger partial charge in [0.1, 0.15) is 0 Å². The Morgan fingerprint density at radius 2 is 1.31 bits per heavy atom. The Kier molecular flexibility index (Phi) is 10.1. The zero-order valence-electron chi connectivity index (χ0n) is 32.8. The standard InChI is InChI=1S/C54H43N3O/c1-4-44-52(45-28-12-11-19-37(45)2)46-29-13-14-30-47(46)54-53(44)57(50-31-15-16-32-51(50)58-54)43-27-18-25-41(34-43)40-24-17-26-42(33-40)49(56-36-38-20-7-5-8-21-38)35-48(55-3)39-22-9-6-10-23-39/h5-35H,3-4,36H2,1-2H3/b48-35-,56-49?. The van der Waals surface area contributed by atoms with Crippen molar-refractivity contribution in [3.05, 3.63) is 216 Å². The minimum atomic E-state index is 0.542. The van der Waals surface area contributed by atoms with Gasteiger partial charge in [0.05, 0.1) is 29.3 Å². The van der Waals surface area contributed by atoms with Crippen LogP contribution in [-0.2, 0) is 13.0 Å². The molecule has 0 radical (unpaired) electrons. The fourth-order valence-corrected chi connectivity index (χ4v) is 8.14. The van der Waals surface area contributed by atoms with Crippen LogP contribution in [0.5, 0.6) is 11.5 Å². The van der Waals surface area contributed by atoms with Crippen molar-refractivity contribution in [2.75, 3.05) is 4.90 Å². The van der Waals surface area contributed by atoms with E-state index in [4.69, 9.17) is 9.73 Å². The molecule has 1 heterocycles. The average Bonchev–Trinajstić information content (AvgIpc) is 3.29. The highest BCUT2D eigenvalue weighted by molar-refractivity contribution is 6.13. The minimum Gasteiger partial charge on any atom is -0.452 e. The first-order valence-electron chi connectivity index (χ1n) is 19.8. The van der Waals surface area contributed by atoms with Crippen molar-refractivity contribution in [2.45, 2.75) is 26.8 Å². The van der Waals surface area contributed by atoms with E-state index in [-0.39, 0.29) is 0 Å². The second-order valence-electron chi connectivity index (χ2n) is 14.5. The van der Waals surface area contributed by atoms with Crippen molar-refractivity contribution in [2.24, 2.45) is 9.98 Å². The summed E-state index contributed by atoms with van der Waals surface area (Å²) in [6.07, 6.45) is 2.87. The van der Waals surface area contributed by atoms with Gasteiger partial charge in [-0.1, -0.05) is 159 Å². The monoisotopic (exact) mass is 749 g/mol. The number of para-hydroxylation sites is 2. The maximum atomic E-state index is 6.92. The Balaban J connectivity index is 1.20. The third kappa shape index (κ3) is 6.90. The molecule has 0 saturated carbocycles. The molecule has 0 bridgehead atoms. The summed E-state index contributed by atoms with van der Waals surface area (Å²) in [5, 5.41) is 2.29. The molecule has 0 unspecified atom stereocenters. The molecule has 1 aliphatic rings. The van der Waals surface area contributed by atoms with Gasteiger partial charge in [-0.25, -0.2) is 0 Å². The third-order valence-electron chi connectivity index (χ3n) is 10.9. The SMILES string of the molecule is C=N/C(=C\C(=NCc1ccccc1)c1cccc(-c2cccc(N3c4ccccc4Oc4c3c(CC)c(-c3ccccc3C)c3ccccc43)c2)c1)c1ccccc1. The number of ether oxygens (including phenoxy) is 1. The second-order valence-corrected chi connectivity index (χ2v) is 14.5. The molecule has 0 amide bonds. The quantitative estimate of drug-likeness (QED) is 0.131. The lowest BCUT2D eigenvalue weighted by Crippen LogP contribution is -2.18. The molecule has 0 saturated heterocycles. The van der Waals surface area contributed by atoms with Gasteiger partial charge in [-0.05, 0) is 101 Å². The Bertz CT molecular complexity index is 2860. The maximum Gasteiger partial charge on any atom is 0.159 e. The van der Waals surface area contributed by atoms with Crippen molar-refractivity contribution in [3.8, 4) is 33.8 Å². The maximum absolute atomic E-state index is 6.92. The van der Waals surface area contributed by atoms with Crippen molar-refractivity contribution in [1.82, 2.24) is 0 Å². The Morgan fingerprint density at radius 1 is 0.655 bits per heavy atom. The molecule has 0 fully saturated rings. The molecule has 0 atom stereocenters. The molecule has 280 valence electrons. The van der Waals surface area contributed by atoms with E-state index in [1.54, 1.807) is 0 Å². The van der Waals surface area contributed by atoms with Gasteiger partial charge in [0.15, 0.2) is 11.5 Å². The lowest BCUT2D eigenvalue weighted by Gasteiger charge is -2.36. The van der Waals surface area contributed by atoms with E-state index in [0.29, 0.717) is 6.54 Å². The smallest absolute Gasteiger partial charge is 0.159 e. The van der Waals surface area contributed by atoms with E-state index >= 15 is 0 Å². The van der Waals surface area contributed by atoms with Gasteiger partial charge >= 0.3 is 0 Å². The summed E-state index contributed by atoms with van der Waals surface area (Å²) in [5.74, 6) is 1.71. The fourth-order valence-electron chi connectivity index (χ4n) is 8.14. The van der Waals surface area contributed by atoms with Gasteiger partial charge in [-0.15, -0.1) is 0 Å². The van der Waals surface area contributed by atoms with Crippen molar-refractivity contribution in [3.63, 3.8) is 0 Å². The minimum absolute atomic E-state index is 0.542. The van der Waals surface area contributed by atoms with Crippen molar-refractivity contribution >= 4 is 46.0 Å².